The molecule has 11 heavy (non-hydrogen) atoms. The van der Waals surface area contributed by atoms with Crippen LogP contribution in [0.1, 0.15) is 6.42 Å². The van der Waals surface area contributed by atoms with Gasteiger partial charge in [0.25, 0.3) is 0 Å². The van der Waals surface area contributed by atoms with Crippen molar-refractivity contribution in [1.29, 1.82) is 0 Å². The third kappa shape index (κ3) is 1.50. The SMILES string of the molecule is O[C@@H]1[C@H](F)[C@H](F)[C@@H](O)C[C@H]1O. The predicted molar refractivity (Wildman–Crippen MR) is 32.4 cm³/mol. The van der Waals surface area contributed by atoms with Gasteiger partial charge in [-0.05, 0) is 0 Å². The van der Waals surface area contributed by atoms with Crippen LogP contribution in [0.2, 0.25) is 0 Å². The summed E-state index contributed by atoms with van der Waals surface area (Å²) in [5.74, 6) is 0. The summed E-state index contributed by atoms with van der Waals surface area (Å²) in [6.45, 7) is 0. The maximum absolute atomic E-state index is 12.5. The van der Waals surface area contributed by atoms with Gasteiger partial charge in [-0.2, -0.15) is 0 Å². The molecule has 0 spiro atoms. The summed E-state index contributed by atoms with van der Waals surface area (Å²) < 4.78 is 25.0. The van der Waals surface area contributed by atoms with Gasteiger partial charge in [0, 0.05) is 6.42 Å². The van der Waals surface area contributed by atoms with Crippen LogP contribution in [0, 0.1) is 0 Å². The fourth-order valence-electron chi connectivity index (χ4n) is 1.13. The fourth-order valence-corrected chi connectivity index (χ4v) is 1.13. The lowest BCUT2D eigenvalue weighted by molar-refractivity contribution is -0.129. The number of aliphatic hydroxyl groups excluding tert-OH is 3. The Kier molecular flexibility index (Phi) is 2.41. The van der Waals surface area contributed by atoms with Gasteiger partial charge in [-0.25, -0.2) is 8.78 Å². The van der Waals surface area contributed by atoms with Crippen LogP contribution < -0.4 is 0 Å². The van der Waals surface area contributed by atoms with E-state index >= 15 is 0 Å². The number of hydrogen-bond acceptors (Lipinski definition) is 3. The van der Waals surface area contributed by atoms with Crippen molar-refractivity contribution < 1.29 is 24.1 Å². The van der Waals surface area contributed by atoms with Crippen molar-refractivity contribution in [3.05, 3.63) is 0 Å². The molecule has 0 radical (unpaired) electrons. The predicted octanol–water partition coefficient (Wildman–Crippen LogP) is -0.851. The molecule has 1 rings (SSSR count). The molecule has 3 nitrogen and oxygen atoms in total. The van der Waals surface area contributed by atoms with Gasteiger partial charge in [0.15, 0.2) is 12.3 Å². The molecule has 0 aromatic carbocycles. The molecule has 1 saturated carbocycles. The van der Waals surface area contributed by atoms with Gasteiger partial charge in [0.05, 0.1) is 12.2 Å². The molecule has 0 amide bonds. The van der Waals surface area contributed by atoms with Gasteiger partial charge in [-0.1, -0.05) is 0 Å². The van der Waals surface area contributed by atoms with Gasteiger partial charge >= 0.3 is 0 Å². The normalized spacial score (nSPS) is 52.6. The van der Waals surface area contributed by atoms with Gasteiger partial charge in [0.2, 0.25) is 0 Å². The third-order valence-corrected chi connectivity index (χ3v) is 1.88. The summed E-state index contributed by atoms with van der Waals surface area (Å²) in [5, 5.41) is 26.3. The van der Waals surface area contributed by atoms with Crippen LogP contribution in [0.15, 0.2) is 0 Å². The molecular weight excluding hydrogens is 158 g/mol. The van der Waals surface area contributed by atoms with Crippen molar-refractivity contribution in [1.82, 2.24) is 0 Å². The topological polar surface area (TPSA) is 60.7 Å². The zero-order valence-corrected chi connectivity index (χ0v) is 5.69. The first-order valence-electron chi connectivity index (χ1n) is 3.36. The molecule has 0 aliphatic heterocycles. The van der Waals surface area contributed by atoms with E-state index in [1.807, 2.05) is 0 Å². The molecule has 0 unspecified atom stereocenters. The Balaban J connectivity index is 2.63. The average molecular weight is 168 g/mol. The molecule has 0 heterocycles. The van der Waals surface area contributed by atoms with E-state index in [0.29, 0.717) is 0 Å². The van der Waals surface area contributed by atoms with Crippen LogP contribution >= 0.6 is 0 Å². The molecular formula is C6H10F2O3. The van der Waals surface area contributed by atoms with Crippen molar-refractivity contribution in [3.63, 3.8) is 0 Å². The molecule has 1 fully saturated rings. The largest absolute Gasteiger partial charge is 0.390 e. The summed E-state index contributed by atoms with van der Waals surface area (Å²) in [6, 6.07) is 0. The molecule has 5 atom stereocenters. The first kappa shape index (κ1) is 8.83. The first-order chi connectivity index (χ1) is 5.04. The van der Waals surface area contributed by atoms with E-state index in [-0.39, 0.29) is 6.42 Å². The van der Waals surface area contributed by atoms with E-state index in [4.69, 9.17) is 15.3 Å². The molecule has 1 aliphatic carbocycles. The second-order valence-corrected chi connectivity index (χ2v) is 2.75. The minimum absolute atomic E-state index is 0.317. The van der Waals surface area contributed by atoms with E-state index < -0.39 is 30.7 Å². The molecule has 0 bridgehead atoms. The third-order valence-electron chi connectivity index (χ3n) is 1.88. The van der Waals surface area contributed by atoms with Gasteiger partial charge in [0.1, 0.15) is 6.10 Å². The summed E-state index contributed by atoms with van der Waals surface area (Å²) >= 11 is 0. The number of hydrogen-bond donors (Lipinski definition) is 3. The van der Waals surface area contributed by atoms with E-state index in [9.17, 15) is 8.78 Å². The molecule has 0 aromatic heterocycles. The lowest BCUT2D eigenvalue weighted by atomic mass is 9.89. The summed E-state index contributed by atoms with van der Waals surface area (Å²) in [5.41, 5.74) is 0. The standard InChI is InChI=1S/C6H10F2O3/c7-4-2(9)1-3(10)6(11)5(4)8/h2-6,9-11H,1H2/t2-,3+,4+,5+,6-/m0/s1. The quantitative estimate of drug-likeness (QED) is 0.441. The minimum Gasteiger partial charge on any atom is -0.390 e. The van der Waals surface area contributed by atoms with Crippen molar-refractivity contribution >= 4 is 0 Å². The first-order valence-corrected chi connectivity index (χ1v) is 3.36. The van der Waals surface area contributed by atoms with Gasteiger partial charge in [-0.15, -0.1) is 0 Å². The van der Waals surface area contributed by atoms with Crippen LogP contribution in [-0.2, 0) is 0 Å². The van der Waals surface area contributed by atoms with Crippen LogP contribution in [0.4, 0.5) is 8.78 Å². The Morgan fingerprint density at radius 2 is 1.45 bits per heavy atom. The van der Waals surface area contributed by atoms with Crippen molar-refractivity contribution in [2.45, 2.75) is 37.1 Å². The van der Waals surface area contributed by atoms with E-state index in [0.717, 1.165) is 0 Å². The smallest absolute Gasteiger partial charge is 0.162 e. The zero-order chi connectivity index (χ0) is 8.59. The highest BCUT2D eigenvalue weighted by molar-refractivity contribution is 4.92. The Hall–Kier alpha value is -0.260. The summed E-state index contributed by atoms with van der Waals surface area (Å²) in [7, 11) is 0. The molecule has 1 aliphatic rings. The Morgan fingerprint density at radius 1 is 0.909 bits per heavy atom. The summed E-state index contributed by atoms with van der Waals surface area (Å²) in [6.07, 6.45) is -9.19. The maximum Gasteiger partial charge on any atom is 0.162 e. The highest BCUT2D eigenvalue weighted by atomic mass is 19.2. The second kappa shape index (κ2) is 3.00. The molecule has 66 valence electrons. The molecule has 0 aromatic rings. The van der Waals surface area contributed by atoms with E-state index in [2.05, 4.69) is 0 Å². The summed E-state index contributed by atoms with van der Waals surface area (Å²) in [4.78, 5) is 0. The van der Waals surface area contributed by atoms with Crippen molar-refractivity contribution in [2.24, 2.45) is 0 Å². The molecule has 0 saturated heterocycles. The molecule has 5 heteroatoms. The number of rotatable bonds is 0. The van der Waals surface area contributed by atoms with Crippen LogP contribution in [0.25, 0.3) is 0 Å². The van der Waals surface area contributed by atoms with Crippen LogP contribution in [0.3, 0.4) is 0 Å². The fraction of sp³-hybridized carbons (Fsp3) is 1.00. The number of alkyl halides is 2. The number of halogens is 2. The minimum atomic E-state index is -2.19. The Bertz CT molecular complexity index is 130. The van der Waals surface area contributed by atoms with Gasteiger partial charge < -0.3 is 15.3 Å². The van der Waals surface area contributed by atoms with Gasteiger partial charge in [-0.3, -0.25) is 0 Å². The van der Waals surface area contributed by atoms with Crippen molar-refractivity contribution in [3.8, 4) is 0 Å². The van der Waals surface area contributed by atoms with Crippen LogP contribution in [0.5, 0.6) is 0 Å². The Morgan fingerprint density at radius 3 is 2.00 bits per heavy atom. The van der Waals surface area contributed by atoms with Crippen molar-refractivity contribution in [2.75, 3.05) is 0 Å². The average Bonchev–Trinajstić information content (AvgIpc) is 1.97. The molecule has 3 N–H and O–H groups in total. The lowest BCUT2D eigenvalue weighted by Crippen LogP contribution is -2.52. The van der Waals surface area contributed by atoms with E-state index in [1.165, 1.54) is 0 Å². The monoisotopic (exact) mass is 168 g/mol. The second-order valence-electron chi connectivity index (χ2n) is 2.75. The number of aliphatic hydroxyl groups is 3. The zero-order valence-electron chi connectivity index (χ0n) is 5.69. The van der Waals surface area contributed by atoms with E-state index in [1.54, 1.807) is 0 Å². The lowest BCUT2D eigenvalue weighted by Gasteiger charge is -2.32. The highest BCUT2D eigenvalue weighted by Gasteiger charge is 2.43. The van der Waals surface area contributed by atoms with Crippen LogP contribution in [-0.4, -0.2) is 46.0 Å². The Labute approximate surface area is 62.3 Å². The maximum atomic E-state index is 12.5. The highest BCUT2D eigenvalue weighted by Crippen LogP contribution is 2.25.